The van der Waals surface area contributed by atoms with Gasteiger partial charge in [0.1, 0.15) is 5.75 Å². The number of phenolic OH excluding ortho intramolecular Hbond substituents is 1. The van der Waals surface area contributed by atoms with Crippen molar-refractivity contribution in [3.63, 3.8) is 0 Å². The predicted octanol–water partition coefficient (Wildman–Crippen LogP) is 1.54. The van der Waals surface area contributed by atoms with Gasteiger partial charge < -0.3 is 15.3 Å². The van der Waals surface area contributed by atoms with Crippen molar-refractivity contribution in [2.75, 3.05) is 19.6 Å². The van der Waals surface area contributed by atoms with Gasteiger partial charge in [0.05, 0.1) is 6.42 Å². The zero-order valence-electron chi connectivity index (χ0n) is 11.4. The number of nitrogens with zero attached hydrogens (tertiary/aromatic N) is 1. The van der Waals surface area contributed by atoms with Crippen LogP contribution in [0, 0.1) is 0 Å². The van der Waals surface area contributed by atoms with E-state index in [0.29, 0.717) is 12.5 Å². The van der Waals surface area contributed by atoms with E-state index < -0.39 is 0 Å². The molecule has 0 spiro atoms. The molecule has 0 saturated carbocycles. The van der Waals surface area contributed by atoms with E-state index in [1.807, 2.05) is 11.8 Å². The minimum absolute atomic E-state index is 0.168. The molecule has 4 nitrogen and oxygen atoms in total. The van der Waals surface area contributed by atoms with E-state index in [1.54, 1.807) is 24.3 Å². The molecular weight excluding hydrogens is 240 g/mol. The Bertz CT molecular complexity index is 411. The molecule has 2 N–H and O–H groups in total. The lowest BCUT2D eigenvalue weighted by Crippen LogP contribution is -2.49. The maximum absolute atomic E-state index is 12.4. The summed E-state index contributed by atoms with van der Waals surface area (Å²) in [5, 5.41) is 12.6. The van der Waals surface area contributed by atoms with Crippen molar-refractivity contribution in [2.24, 2.45) is 0 Å². The van der Waals surface area contributed by atoms with Gasteiger partial charge in [-0.15, -0.1) is 0 Å². The lowest BCUT2D eigenvalue weighted by atomic mass is 10.0. The fourth-order valence-electron chi connectivity index (χ4n) is 2.63. The summed E-state index contributed by atoms with van der Waals surface area (Å²) in [4.78, 5) is 14.3. The number of nitrogens with one attached hydrogen (secondary N) is 1. The molecule has 1 aromatic rings. The molecule has 19 heavy (non-hydrogen) atoms. The molecule has 0 aromatic heterocycles. The molecule has 1 saturated heterocycles. The van der Waals surface area contributed by atoms with Crippen molar-refractivity contribution < 1.29 is 9.90 Å². The van der Waals surface area contributed by atoms with E-state index in [-0.39, 0.29) is 11.7 Å². The third-order valence-electron chi connectivity index (χ3n) is 3.66. The molecule has 1 atom stereocenters. The Morgan fingerprint density at radius 2 is 2.16 bits per heavy atom. The summed E-state index contributed by atoms with van der Waals surface area (Å²) in [6.07, 6.45) is 2.63. The summed E-state index contributed by atoms with van der Waals surface area (Å²) in [5.74, 6) is 0.405. The van der Waals surface area contributed by atoms with Crippen LogP contribution in [0.2, 0.25) is 0 Å². The highest BCUT2D eigenvalue weighted by Gasteiger charge is 2.23. The Labute approximate surface area is 114 Å². The van der Waals surface area contributed by atoms with Crippen LogP contribution >= 0.6 is 0 Å². The third-order valence-corrected chi connectivity index (χ3v) is 3.66. The molecule has 1 aromatic carbocycles. The monoisotopic (exact) mass is 262 g/mol. The highest BCUT2D eigenvalue weighted by molar-refractivity contribution is 5.79. The summed E-state index contributed by atoms with van der Waals surface area (Å²) >= 11 is 0. The number of phenols is 1. The molecule has 1 fully saturated rings. The van der Waals surface area contributed by atoms with Crippen LogP contribution in [0.1, 0.15) is 25.3 Å². The molecule has 1 heterocycles. The van der Waals surface area contributed by atoms with Crippen LogP contribution in [0.25, 0.3) is 0 Å². The Morgan fingerprint density at radius 1 is 1.42 bits per heavy atom. The summed E-state index contributed by atoms with van der Waals surface area (Å²) in [6, 6.07) is 7.19. The van der Waals surface area contributed by atoms with Crippen molar-refractivity contribution in [3.8, 4) is 5.75 Å². The molecule has 0 bridgehead atoms. The fourth-order valence-corrected chi connectivity index (χ4v) is 2.63. The quantitative estimate of drug-likeness (QED) is 0.865. The SMILES string of the molecule is CCN(C(=O)Cc1ccc(O)cc1)C1CCCNC1. The normalized spacial score (nSPS) is 19.1. The largest absolute Gasteiger partial charge is 0.508 e. The highest BCUT2D eigenvalue weighted by atomic mass is 16.3. The first-order valence-corrected chi connectivity index (χ1v) is 6.98. The van der Waals surface area contributed by atoms with Crippen molar-refractivity contribution in [3.05, 3.63) is 29.8 Å². The maximum Gasteiger partial charge on any atom is 0.227 e. The number of aromatic hydroxyl groups is 1. The van der Waals surface area contributed by atoms with Gasteiger partial charge in [0.2, 0.25) is 5.91 Å². The molecule has 104 valence electrons. The number of benzene rings is 1. The molecule has 1 amide bonds. The van der Waals surface area contributed by atoms with Crippen molar-refractivity contribution in [2.45, 2.75) is 32.2 Å². The zero-order chi connectivity index (χ0) is 13.7. The Hall–Kier alpha value is -1.55. The number of hydrogen-bond donors (Lipinski definition) is 2. The summed E-state index contributed by atoms with van der Waals surface area (Å²) in [6.45, 7) is 4.74. The number of amides is 1. The van der Waals surface area contributed by atoms with Gasteiger partial charge in [-0.2, -0.15) is 0 Å². The molecular formula is C15H22N2O2. The summed E-state index contributed by atoms with van der Waals surface area (Å²) in [5.41, 5.74) is 0.949. The zero-order valence-corrected chi connectivity index (χ0v) is 11.4. The number of piperidine rings is 1. The second-order valence-corrected chi connectivity index (χ2v) is 5.02. The molecule has 1 aliphatic rings. The van der Waals surface area contributed by atoms with Gasteiger partial charge in [-0.3, -0.25) is 4.79 Å². The van der Waals surface area contributed by atoms with E-state index in [1.165, 1.54) is 0 Å². The molecule has 2 rings (SSSR count). The first-order chi connectivity index (χ1) is 9.20. The average Bonchev–Trinajstić information content (AvgIpc) is 2.43. The van der Waals surface area contributed by atoms with E-state index in [4.69, 9.17) is 0 Å². The van der Waals surface area contributed by atoms with E-state index >= 15 is 0 Å². The number of rotatable bonds is 4. The minimum Gasteiger partial charge on any atom is -0.508 e. The number of likely N-dealkylation sites (N-methyl/N-ethyl adjacent to an activating group) is 1. The predicted molar refractivity (Wildman–Crippen MR) is 75.1 cm³/mol. The Kier molecular flexibility index (Phi) is 4.80. The molecule has 1 aliphatic heterocycles. The standard InChI is InChI=1S/C15H22N2O2/c1-2-17(13-4-3-9-16-11-13)15(19)10-12-5-7-14(18)8-6-12/h5-8,13,16,18H,2-4,9-11H2,1H3. The molecule has 0 aliphatic carbocycles. The van der Waals surface area contributed by atoms with Crippen molar-refractivity contribution >= 4 is 5.91 Å². The summed E-state index contributed by atoms with van der Waals surface area (Å²) < 4.78 is 0. The van der Waals surface area contributed by atoms with Gasteiger partial charge >= 0.3 is 0 Å². The highest BCUT2D eigenvalue weighted by Crippen LogP contribution is 2.14. The van der Waals surface area contributed by atoms with Gasteiger partial charge in [-0.05, 0) is 44.0 Å². The molecule has 4 heteroatoms. The van der Waals surface area contributed by atoms with Gasteiger partial charge in [-0.1, -0.05) is 12.1 Å². The second-order valence-electron chi connectivity index (χ2n) is 5.02. The number of hydrogen-bond acceptors (Lipinski definition) is 3. The Morgan fingerprint density at radius 3 is 2.74 bits per heavy atom. The van der Waals surface area contributed by atoms with Crippen LogP contribution in [-0.2, 0) is 11.2 Å². The average molecular weight is 262 g/mol. The van der Waals surface area contributed by atoms with Crippen LogP contribution in [0.5, 0.6) is 5.75 Å². The lowest BCUT2D eigenvalue weighted by Gasteiger charge is -2.34. The fraction of sp³-hybridized carbons (Fsp3) is 0.533. The van der Waals surface area contributed by atoms with Crippen LogP contribution in [0.15, 0.2) is 24.3 Å². The van der Waals surface area contributed by atoms with Crippen LogP contribution < -0.4 is 5.32 Å². The lowest BCUT2D eigenvalue weighted by molar-refractivity contribution is -0.132. The third kappa shape index (κ3) is 3.70. The van der Waals surface area contributed by atoms with Crippen molar-refractivity contribution in [1.29, 1.82) is 0 Å². The van der Waals surface area contributed by atoms with Gasteiger partial charge in [0.25, 0.3) is 0 Å². The van der Waals surface area contributed by atoms with Crippen molar-refractivity contribution in [1.82, 2.24) is 10.2 Å². The van der Waals surface area contributed by atoms with Crippen LogP contribution in [0.4, 0.5) is 0 Å². The van der Waals surface area contributed by atoms with E-state index in [9.17, 15) is 9.90 Å². The van der Waals surface area contributed by atoms with Gasteiger partial charge in [-0.25, -0.2) is 0 Å². The number of carbonyl (C=O) groups excluding carboxylic acids is 1. The van der Waals surface area contributed by atoms with Crippen LogP contribution in [-0.4, -0.2) is 41.6 Å². The van der Waals surface area contributed by atoms with Crippen LogP contribution in [0.3, 0.4) is 0 Å². The minimum atomic E-state index is 0.168. The summed E-state index contributed by atoms with van der Waals surface area (Å²) in [7, 11) is 0. The second kappa shape index (κ2) is 6.57. The first kappa shape index (κ1) is 13.9. The van der Waals surface area contributed by atoms with E-state index in [2.05, 4.69) is 5.32 Å². The maximum atomic E-state index is 12.4. The number of carbonyl (C=O) groups is 1. The smallest absolute Gasteiger partial charge is 0.227 e. The van der Waals surface area contributed by atoms with E-state index in [0.717, 1.165) is 38.0 Å². The first-order valence-electron chi connectivity index (χ1n) is 6.98. The van der Waals surface area contributed by atoms with Gasteiger partial charge in [0.15, 0.2) is 0 Å². The Balaban J connectivity index is 1.97. The molecule has 0 radical (unpaired) electrons. The van der Waals surface area contributed by atoms with Gasteiger partial charge in [0, 0.05) is 19.1 Å². The molecule has 1 unspecified atom stereocenters. The topological polar surface area (TPSA) is 52.6 Å².